The van der Waals surface area contributed by atoms with Crippen molar-refractivity contribution in [3.63, 3.8) is 0 Å². The molecular weight excluding hydrogens is 350 g/mol. The van der Waals surface area contributed by atoms with Crippen molar-refractivity contribution in [1.29, 1.82) is 0 Å². The molecule has 21 heavy (non-hydrogen) atoms. The van der Waals surface area contributed by atoms with E-state index in [9.17, 15) is 4.79 Å². The van der Waals surface area contributed by atoms with Gasteiger partial charge in [-0.25, -0.2) is 0 Å². The molecule has 0 bridgehead atoms. The van der Waals surface area contributed by atoms with Crippen molar-refractivity contribution in [3.05, 3.63) is 27.5 Å². The Bertz CT molecular complexity index is 698. The SMILES string of the molecule is CN(C)C1CCN(C(=O)c2sc3cccc(Br)c3c2N)C1. The lowest BCUT2D eigenvalue weighted by molar-refractivity contribution is 0.0789. The molecule has 2 aromatic rings. The number of likely N-dealkylation sites (N-methyl/N-ethyl adjacent to an activating group) is 1. The van der Waals surface area contributed by atoms with Gasteiger partial charge in [0.15, 0.2) is 0 Å². The Hall–Kier alpha value is -1.11. The van der Waals surface area contributed by atoms with Crippen molar-refractivity contribution in [2.45, 2.75) is 12.5 Å². The first kappa shape index (κ1) is 14.8. The maximum Gasteiger partial charge on any atom is 0.266 e. The van der Waals surface area contributed by atoms with Crippen LogP contribution in [0.4, 0.5) is 5.69 Å². The quantitative estimate of drug-likeness (QED) is 0.887. The van der Waals surface area contributed by atoms with E-state index in [0.29, 0.717) is 16.6 Å². The molecule has 1 atom stereocenters. The van der Waals surface area contributed by atoms with Crippen LogP contribution in [0.2, 0.25) is 0 Å². The molecule has 0 saturated carbocycles. The number of carbonyl (C=O) groups is 1. The molecule has 1 fully saturated rings. The van der Waals surface area contributed by atoms with Crippen molar-refractivity contribution in [3.8, 4) is 0 Å². The van der Waals surface area contributed by atoms with Gasteiger partial charge in [0, 0.05) is 33.7 Å². The van der Waals surface area contributed by atoms with Gasteiger partial charge in [-0.15, -0.1) is 11.3 Å². The molecule has 1 aliphatic rings. The highest BCUT2D eigenvalue weighted by atomic mass is 79.9. The van der Waals surface area contributed by atoms with Gasteiger partial charge in [0.1, 0.15) is 4.88 Å². The molecule has 3 rings (SSSR count). The van der Waals surface area contributed by atoms with Gasteiger partial charge in [-0.2, -0.15) is 0 Å². The second-order valence-electron chi connectivity index (χ2n) is 5.62. The van der Waals surface area contributed by atoms with Gasteiger partial charge in [0.2, 0.25) is 0 Å². The van der Waals surface area contributed by atoms with Gasteiger partial charge >= 0.3 is 0 Å². The number of nitrogens with two attached hydrogens (primary N) is 1. The third kappa shape index (κ3) is 2.56. The first-order valence-electron chi connectivity index (χ1n) is 6.91. The fraction of sp³-hybridized carbons (Fsp3) is 0.400. The van der Waals surface area contributed by atoms with E-state index in [0.717, 1.165) is 34.1 Å². The Morgan fingerprint density at radius 3 is 2.86 bits per heavy atom. The second kappa shape index (κ2) is 5.59. The van der Waals surface area contributed by atoms with Crippen LogP contribution in [-0.2, 0) is 0 Å². The van der Waals surface area contributed by atoms with Gasteiger partial charge in [-0.05, 0) is 32.6 Å². The third-order valence-corrected chi connectivity index (χ3v) is 5.90. The Balaban J connectivity index is 1.93. The van der Waals surface area contributed by atoms with Crippen LogP contribution in [0, 0.1) is 0 Å². The molecule has 2 heterocycles. The summed E-state index contributed by atoms with van der Waals surface area (Å²) in [7, 11) is 4.12. The molecule has 1 aromatic heterocycles. The predicted octanol–water partition coefficient (Wildman–Crippen LogP) is 3.02. The Labute approximate surface area is 136 Å². The summed E-state index contributed by atoms with van der Waals surface area (Å²) in [6.07, 6.45) is 1.02. The molecule has 1 amide bonds. The number of thiophene rings is 1. The highest BCUT2D eigenvalue weighted by molar-refractivity contribution is 9.10. The standard InChI is InChI=1S/C15H18BrN3OS/c1-18(2)9-6-7-19(8-9)15(20)14-13(17)12-10(16)4-3-5-11(12)21-14/h3-5,9H,6-8,17H2,1-2H3. The van der Waals surface area contributed by atoms with Crippen LogP contribution in [-0.4, -0.2) is 48.9 Å². The van der Waals surface area contributed by atoms with Crippen molar-refractivity contribution in [2.75, 3.05) is 32.9 Å². The molecule has 1 aromatic carbocycles. The van der Waals surface area contributed by atoms with Crippen molar-refractivity contribution < 1.29 is 4.79 Å². The van der Waals surface area contributed by atoms with Gasteiger partial charge in [-0.3, -0.25) is 4.79 Å². The van der Waals surface area contributed by atoms with Gasteiger partial charge in [-0.1, -0.05) is 22.0 Å². The first-order valence-corrected chi connectivity index (χ1v) is 8.52. The molecule has 0 radical (unpaired) electrons. The van der Waals surface area contributed by atoms with E-state index in [-0.39, 0.29) is 5.91 Å². The number of amides is 1. The number of carbonyl (C=O) groups excluding carboxylic acids is 1. The van der Waals surface area contributed by atoms with E-state index < -0.39 is 0 Å². The number of anilines is 1. The molecule has 6 heteroatoms. The number of likely N-dealkylation sites (tertiary alicyclic amines) is 1. The molecular formula is C15H18BrN3OS. The lowest BCUT2D eigenvalue weighted by atomic mass is 10.2. The lowest BCUT2D eigenvalue weighted by Crippen LogP contribution is -2.34. The number of nitrogen functional groups attached to an aromatic ring is 1. The summed E-state index contributed by atoms with van der Waals surface area (Å²) in [5, 5.41) is 0.953. The van der Waals surface area contributed by atoms with Crippen molar-refractivity contribution in [1.82, 2.24) is 9.80 Å². The zero-order chi connectivity index (χ0) is 15.1. The highest BCUT2D eigenvalue weighted by Crippen LogP contribution is 2.39. The van der Waals surface area contributed by atoms with Crippen LogP contribution >= 0.6 is 27.3 Å². The van der Waals surface area contributed by atoms with E-state index in [4.69, 9.17) is 5.73 Å². The summed E-state index contributed by atoms with van der Waals surface area (Å²) < 4.78 is 1.99. The van der Waals surface area contributed by atoms with Gasteiger partial charge < -0.3 is 15.5 Å². The number of hydrogen-bond acceptors (Lipinski definition) is 4. The van der Waals surface area contributed by atoms with Gasteiger partial charge in [0.05, 0.1) is 5.69 Å². The molecule has 0 spiro atoms. The topological polar surface area (TPSA) is 49.6 Å². The summed E-state index contributed by atoms with van der Waals surface area (Å²) in [5.74, 6) is 0.0601. The lowest BCUT2D eigenvalue weighted by Gasteiger charge is -2.20. The monoisotopic (exact) mass is 367 g/mol. The fourth-order valence-electron chi connectivity index (χ4n) is 2.78. The molecule has 1 aliphatic heterocycles. The number of rotatable bonds is 2. The number of fused-ring (bicyclic) bond motifs is 1. The number of benzene rings is 1. The number of nitrogens with zero attached hydrogens (tertiary/aromatic N) is 2. The first-order chi connectivity index (χ1) is 9.99. The predicted molar refractivity (Wildman–Crippen MR) is 91.9 cm³/mol. The van der Waals surface area contributed by atoms with Crippen molar-refractivity contribution in [2.24, 2.45) is 0 Å². The average molecular weight is 368 g/mol. The third-order valence-electron chi connectivity index (χ3n) is 4.08. The molecule has 0 aliphatic carbocycles. The largest absolute Gasteiger partial charge is 0.397 e. The molecule has 112 valence electrons. The summed E-state index contributed by atoms with van der Waals surface area (Å²) in [6.45, 7) is 1.58. The van der Waals surface area contributed by atoms with Crippen molar-refractivity contribution >= 4 is 48.9 Å². The maximum absolute atomic E-state index is 12.7. The van der Waals surface area contributed by atoms with E-state index in [1.165, 1.54) is 11.3 Å². The zero-order valence-electron chi connectivity index (χ0n) is 12.1. The fourth-order valence-corrected chi connectivity index (χ4v) is 4.61. The normalized spacial score (nSPS) is 18.9. The van der Waals surface area contributed by atoms with Crippen LogP contribution in [0.5, 0.6) is 0 Å². The number of hydrogen-bond donors (Lipinski definition) is 1. The summed E-state index contributed by atoms with van der Waals surface area (Å²) in [4.78, 5) is 17.5. The maximum atomic E-state index is 12.7. The summed E-state index contributed by atoms with van der Waals surface area (Å²) in [5.41, 5.74) is 6.82. The van der Waals surface area contributed by atoms with Crippen LogP contribution < -0.4 is 5.73 Å². The van der Waals surface area contributed by atoms with E-state index in [2.05, 4.69) is 34.9 Å². The van der Waals surface area contributed by atoms with E-state index in [1.54, 1.807) is 0 Å². The average Bonchev–Trinajstić information content (AvgIpc) is 3.04. The zero-order valence-corrected chi connectivity index (χ0v) is 14.5. The summed E-state index contributed by atoms with van der Waals surface area (Å²) >= 11 is 5.00. The van der Waals surface area contributed by atoms with E-state index in [1.807, 2.05) is 23.1 Å². The molecule has 1 unspecified atom stereocenters. The Morgan fingerprint density at radius 1 is 1.48 bits per heavy atom. The Kier molecular flexibility index (Phi) is 3.94. The minimum absolute atomic E-state index is 0.0601. The minimum Gasteiger partial charge on any atom is -0.397 e. The smallest absolute Gasteiger partial charge is 0.266 e. The molecule has 2 N–H and O–H groups in total. The molecule has 4 nitrogen and oxygen atoms in total. The van der Waals surface area contributed by atoms with Gasteiger partial charge in [0.25, 0.3) is 5.91 Å². The highest BCUT2D eigenvalue weighted by Gasteiger charge is 2.30. The minimum atomic E-state index is 0.0601. The summed E-state index contributed by atoms with van der Waals surface area (Å²) in [6, 6.07) is 6.37. The van der Waals surface area contributed by atoms with Crippen LogP contribution in [0.3, 0.4) is 0 Å². The van der Waals surface area contributed by atoms with Crippen LogP contribution in [0.15, 0.2) is 22.7 Å². The number of halogens is 1. The van der Waals surface area contributed by atoms with Crippen LogP contribution in [0.25, 0.3) is 10.1 Å². The van der Waals surface area contributed by atoms with E-state index >= 15 is 0 Å². The Morgan fingerprint density at radius 2 is 2.24 bits per heavy atom. The molecule has 1 saturated heterocycles. The van der Waals surface area contributed by atoms with Crippen LogP contribution in [0.1, 0.15) is 16.1 Å². The second-order valence-corrected chi connectivity index (χ2v) is 7.52.